The van der Waals surface area contributed by atoms with Crippen molar-refractivity contribution in [3.05, 3.63) is 57.3 Å². The minimum absolute atomic E-state index is 0.137. The molecule has 1 aromatic heterocycles. The molecule has 0 saturated heterocycles. The van der Waals surface area contributed by atoms with Crippen LogP contribution in [0.5, 0.6) is 5.75 Å². The van der Waals surface area contributed by atoms with Crippen LogP contribution in [-0.2, 0) is 6.54 Å². The van der Waals surface area contributed by atoms with Gasteiger partial charge < -0.3 is 10.4 Å². The first-order valence-electron chi connectivity index (χ1n) is 5.44. The number of aromatic hydroxyl groups is 1. The molecule has 0 aliphatic rings. The zero-order chi connectivity index (χ0) is 13.8. The van der Waals surface area contributed by atoms with Crippen LogP contribution in [0.1, 0.15) is 15.9 Å². The maximum absolute atomic E-state index is 12.0. The molecule has 2 rings (SSSR count). The van der Waals surface area contributed by atoms with Crippen LogP contribution in [0.15, 0.2) is 41.0 Å². The van der Waals surface area contributed by atoms with Crippen molar-refractivity contribution in [1.82, 2.24) is 10.3 Å². The van der Waals surface area contributed by atoms with Crippen molar-refractivity contribution in [2.24, 2.45) is 0 Å². The first kappa shape index (κ1) is 13.8. The second kappa shape index (κ2) is 6.04. The standard InChI is InChI=1S/C13H10BrClN2O2/c14-9-5-10(12(15)16-7-9)13(19)17-6-8-3-1-2-4-11(8)18/h1-5,7,18H,6H2,(H,17,19). The van der Waals surface area contributed by atoms with Crippen LogP contribution in [0.3, 0.4) is 0 Å². The number of phenolic OH excluding ortho intramolecular Hbond substituents is 1. The van der Waals surface area contributed by atoms with Gasteiger partial charge in [0.2, 0.25) is 0 Å². The van der Waals surface area contributed by atoms with Gasteiger partial charge in [-0.25, -0.2) is 4.98 Å². The fourth-order valence-electron chi connectivity index (χ4n) is 1.51. The number of nitrogens with zero attached hydrogens (tertiary/aromatic N) is 1. The molecule has 0 aliphatic heterocycles. The van der Waals surface area contributed by atoms with E-state index in [9.17, 15) is 9.90 Å². The van der Waals surface area contributed by atoms with Crippen LogP contribution in [0.4, 0.5) is 0 Å². The molecular formula is C13H10BrClN2O2. The summed E-state index contributed by atoms with van der Waals surface area (Å²) in [4.78, 5) is 15.8. The number of benzene rings is 1. The summed E-state index contributed by atoms with van der Waals surface area (Å²) in [5.41, 5.74) is 0.918. The third-order valence-corrected chi connectivity index (χ3v) is 3.22. The Morgan fingerprint density at radius 2 is 2.16 bits per heavy atom. The molecule has 0 aliphatic carbocycles. The molecule has 0 unspecified atom stereocenters. The molecular weight excluding hydrogens is 332 g/mol. The van der Waals surface area contributed by atoms with Crippen LogP contribution in [0.2, 0.25) is 5.15 Å². The molecule has 0 saturated carbocycles. The first-order chi connectivity index (χ1) is 9.08. The number of carbonyl (C=O) groups is 1. The zero-order valence-electron chi connectivity index (χ0n) is 9.73. The van der Waals surface area contributed by atoms with Crippen LogP contribution < -0.4 is 5.32 Å². The number of pyridine rings is 1. The van der Waals surface area contributed by atoms with E-state index in [0.29, 0.717) is 10.0 Å². The van der Waals surface area contributed by atoms with Crippen molar-refractivity contribution in [3.8, 4) is 5.75 Å². The lowest BCUT2D eigenvalue weighted by Crippen LogP contribution is -2.23. The number of aromatic nitrogens is 1. The first-order valence-corrected chi connectivity index (χ1v) is 6.61. The van der Waals surface area contributed by atoms with E-state index in [1.807, 2.05) is 0 Å². The molecule has 4 nitrogen and oxygen atoms in total. The third kappa shape index (κ3) is 3.45. The molecule has 1 heterocycles. The monoisotopic (exact) mass is 340 g/mol. The lowest BCUT2D eigenvalue weighted by Gasteiger charge is -2.08. The van der Waals surface area contributed by atoms with Crippen molar-refractivity contribution >= 4 is 33.4 Å². The van der Waals surface area contributed by atoms with E-state index in [1.54, 1.807) is 30.3 Å². The molecule has 19 heavy (non-hydrogen) atoms. The van der Waals surface area contributed by atoms with Gasteiger partial charge in [0.25, 0.3) is 5.91 Å². The highest BCUT2D eigenvalue weighted by Crippen LogP contribution is 2.19. The van der Waals surface area contributed by atoms with Gasteiger partial charge in [0, 0.05) is 22.8 Å². The smallest absolute Gasteiger partial charge is 0.254 e. The summed E-state index contributed by atoms with van der Waals surface area (Å²) in [5, 5.41) is 12.4. The summed E-state index contributed by atoms with van der Waals surface area (Å²) in [6.07, 6.45) is 1.52. The van der Waals surface area contributed by atoms with Gasteiger partial charge in [-0.05, 0) is 28.1 Å². The summed E-state index contributed by atoms with van der Waals surface area (Å²) in [7, 11) is 0. The summed E-state index contributed by atoms with van der Waals surface area (Å²) >= 11 is 9.09. The maximum atomic E-state index is 12.0. The predicted octanol–water partition coefficient (Wildman–Crippen LogP) is 3.13. The molecule has 0 atom stereocenters. The SMILES string of the molecule is O=C(NCc1ccccc1O)c1cc(Br)cnc1Cl. The number of amides is 1. The number of nitrogens with one attached hydrogen (secondary N) is 1. The van der Waals surface area contributed by atoms with Gasteiger partial charge in [-0.2, -0.15) is 0 Å². The highest BCUT2D eigenvalue weighted by Gasteiger charge is 2.12. The highest BCUT2D eigenvalue weighted by atomic mass is 79.9. The summed E-state index contributed by atoms with van der Waals surface area (Å²) < 4.78 is 0.671. The Morgan fingerprint density at radius 1 is 1.42 bits per heavy atom. The summed E-state index contributed by atoms with van der Waals surface area (Å²) in [5.74, 6) is -0.205. The Bertz CT molecular complexity index is 619. The summed E-state index contributed by atoms with van der Waals surface area (Å²) in [6, 6.07) is 8.39. The molecule has 0 bridgehead atoms. The number of hydrogen-bond donors (Lipinski definition) is 2. The number of para-hydroxylation sites is 1. The summed E-state index contributed by atoms with van der Waals surface area (Å²) in [6.45, 7) is 0.217. The van der Waals surface area contributed by atoms with Gasteiger partial charge in [-0.1, -0.05) is 29.8 Å². The molecule has 0 spiro atoms. The predicted molar refractivity (Wildman–Crippen MR) is 76.2 cm³/mol. The number of phenols is 1. The molecule has 2 N–H and O–H groups in total. The van der Waals surface area contributed by atoms with E-state index >= 15 is 0 Å². The minimum atomic E-state index is -0.345. The number of hydrogen-bond acceptors (Lipinski definition) is 3. The largest absolute Gasteiger partial charge is 0.508 e. The van der Waals surface area contributed by atoms with Gasteiger partial charge in [0.05, 0.1) is 5.56 Å². The quantitative estimate of drug-likeness (QED) is 0.843. The van der Waals surface area contributed by atoms with Crippen molar-refractivity contribution in [2.75, 3.05) is 0 Å². The molecule has 1 aromatic carbocycles. The second-order valence-corrected chi connectivity index (χ2v) is 5.08. The van der Waals surface area contributed by atoms with Crippen LogP contribution >= 0.6 is 27.5 Å². The van der Waals surface area contributed by atoms with E-state index in [1.165, 1.54) is 6.20 Å². The average molecular weight is 342 g/mol. The highest BCUT2D eigenvalue weighted by molar-refractivity contribution is 9.10. The van der Waals surface area contributed by atoms with Crippen molar-refractivity contribution in [3.63, 3.8) is 0 Å². The van der Waals surface area contributed by atoms with E-state index < -0.39 is 0 Å². The van der Waals surface area contributed by atoms with Gasteiger partial charge >= 0.3 is 0 Å². The van der Waals surface area contributed by atoms with E-state index in [4.69, 9.17) is 11.6 Å². The van der Waals surface area contributed by atoms with Crippen molar-refractivity contribution in [1.29, 1.82) is 0 Å². The zero-order valence-corrected chi connectivity index (χ0v) is 12.1. The lowest BCUT2D eigenvalue weighted by molar-refractivity contribution is 0.0950. The molecule has 0 radical (unpaired) electrons. The fourth-order valence-corrected chi connectivity index (χ4v) is 2.03. The third-order valence-electron chi connectivity index (χ3n) is 2.48. The lowest BCUT2D eigenvalue weighted by atomic mass is 10.2. The minimum Gasteiger partial charge on any atom is -0.508 e. The van der Waals surface area contributed by atoms with Crippen LogP contribution in [-0.4, -0.2) is 16.0 Å². The van der Waals surface area contributed by atoms with Crippen LogP contribution in [0, 0.1) is 0 Å². The van der Waals surface area contributed by atoms with Crippen molar-refractivity contribution < 1.29 is 9.90 Å². The topological polar surface area (TPSA) is 62.2 Å². The Morgan fingerprint density at radius 3 is 2.89 bits per heavy atom. The normalized spacial score (nSPS) is 10.2. The molecule has 0 fully saturated rings. The van der Waals surface area contributed by atoms with Gasteiger partial charge in [0.1, 0.15) is 10.9 Å². The molecule has 1 amide bonds. The van der Waals surface area contributed by atoms with Gasteiger partial charge in [-0.15, -0.1) is 0 Å². The number of rotatable bonds is 3. The number of halogens is 2. The van der Waals surface area contributed by atoms with Crippen LogP contribution in [0.25, 0.3) is 0 Å². The Kier molecular flexibility index (Phi) is 4.39. The number of carbonyl (C=O) groups excluding carboxylic acids is 1. The van der Waals surface area contributed by atoms with E-state index in [2.05, 4.69) is 26.2 Å². The van der Waals surface area contributed by atoms with Crippen molar-refractivity contribution in [2.45, 2.75) is 6.54 Å². The Labute approximate surface area is 123 Å². The molecule has 2 aromatic rings. The van der Waals surface area contributed by atoms with Gasteiger partial charge in [-0.3, -0.25) is 4.79 Å². The van der Waals surface area contributed by atoms with E-state index in [0.717, 1.165) is 0 Å². The maximum Gasteiger partial charge on any atom is 0.254 e. The van der Waals surface area contributed by atoms with E-state index in [-0.39, 0.29) is 28.9 Å². The molecule has 6 heteroatoms. The fraction of sp³-hybridized carbons (Fsp3) is 0.0769. The molecule has 98 valence electrons. The average Bonchev–Trinajstić information content (AvgIpc) is 2.40. The Balaban J connectivity index is 2.10. The Hall–Kier alpha value is -1.59. The second-order valence-electron chi connectivity index (χ2n) is 3.80. The van der Waals surface area contributed by atoms with Gasteiger partial charge in [0.15, 0.2) is 0 Å².